The van der Waals surface area contributed by atoms with Gasteiger partial charge in [0.15, 0.2) is 5.76 Å². The first-order chi connectivity index (χ1) is 11.2. The highest BCUT2D eigenvalue weighted by atomic mass is 16.5. The molecule has 0 amide bonds. The molecule has 1 atom stereocenters. The van der Waals surface area contributed by atoms with Crippen molar-refractivity contribution in [2.45, 2.75) is 25.4 Å². The zero-order valence-corrected chi connectivity index (χ0v) is 13.0. The van der Waals surface area contributed by atoms with Crippen LogP contribution in [0.2, 0.25) is 0 Å². The molecule has 1 fully saturated rings. The number of hydrogen-bond donors (Lipinski definition) is 0. The number of likely N-dealkylation sites (tertiary alicyclic amines) is 1. The Morgan fingerprint density at radius 3 is 3.00 bits per heavy atom. The minimum atomic E-state index is 0.0112. The van der Waals surface area contributed by atoms with Gasteiger partial charge in [0.2, 0.25) is 0 Å². The second kappa shape index (κ2) is 5.62. The molecule has 2 aromatic heterocycles. The average Bonchev–Trinajstić information content (AvgIpc) is 3.23. The summed E-state index contributed by atoms with van der Waals surface area (Å²) >= 11 is 0. The van der Waals surface area contributed by atoms with Gasteiger partial charge in [0.1, 0.15) is 5.82 Å². The van der Waals surface area contributed by atoms with E-state index in [1.807, 2.05) is 37.4 Å². The van der Waals surface area contributed by atoms with Crippen molar-refractivity contribution in [3.8, 4) is 0 Å². The molecule has 0 bridgehead atoms. The van der Waals surface area contributed by atoms with Gasteiger partial charge in [-0.1, -0.05) is 17.3 Å². The number of aromatic nitrogens is 3. The topological polar surface area (TPSA) is 64.2 Å². The van der Waals surface area contributed by atoms with E-state index in [1.54, 1.807) is 10.8 Å². The van der Waals surface area contributed by atoms with E-state index in [-0.39, 0.29) is 11.6 Å². The van der Waals surface area contributed by atoms with E-state index < -0.39 is 0 Å². The monoisotopic (exact) mass is 310 g/mol. The summed E-state index contributed by atoms with van der Waals surface area (Å²) in [5, 5.41) is 4.43. The number of fused-ring (bicyclic) bond motifs is 1. The number of hydrogen-bond acceptors (Lipinski definition) is 5. The molecule has 0 N–H and O–H groups in total. The van der Waals surface area contributed by atoms with Crippen LogP contribution in [0.1, 0.15) is 30.5 Å². The third-order valence-electron chi connectivity index (χ3n) is 4.53. The predicted octanol–water partition coefficient (Wildman–Crippen LogP) is 2.26. The normalized spacial score (nSPS) is 18.7. The van der Waals surface area contributed by atoms with Gasteiger partial charge in [-0.05, 0) is 31.5 Å². The summed E-state index contributed by atoms with van der Waals surface area (Å²) in [5.74, 6) is 1.66. The Labute approximate surface area is 133 Å². The van der Waals surface area contributed by atoms with Gasteiger partial charge in [-0.25, -0.2) is 4.98 Å². The van der Waals surface area contributed by atoms with Gasteiger partial charge in [0, 0.05) is 13.1 Å². The van der Waals surface area contributed by atoms with E-state index in [4.69, 9.17) is 9.51 Å². The molecule has 1 aromatic carbocycles. The summed E-state index contributed by atoms with van der Waals surface area (Å²) in [6, 6.07) is 9.52. The molecule has 23 heavy (non-hydrogen) atoms. The smallest absolute Gasteiger partial charge is 0.261 e. The van der Waals surface area contributed by atoms with Crippen LogP contribution >= 0.6 is 0 Å². The first-order valence-electron chi connectivity index (χ1n) is 7.83. The standard InChI is InChI=1S/C17H18N4O2/c1-20-16(19-14-6-3-2-5-13(14)17(20)22)15-7-4-10-21(15)11-12-8-9-18-23-12/h2-3,5-6,8-9,15H,4,7,10-11H2,1H3. The molecule has 6 heteroatoms. The zero-order chi connectivity index (χ0) is 15.8. The molecule has 118 valence electrons. The lowest BCUT2D eigenvalue weighted by Crippen LogP contribution is -2.30. The van der Waals surface area contributed by atoms with Crippen molar-refractivity contribution in [2.24, 2.45) is 7.05 Å². The molecule has 0 spiro atoms. The lowest BCUT2D eigenvalue weighted by Gasteiger charge is -2.24. The Morgan fingerprint density at radius 1 is 1.30 bits per heavy atom. The summed E-state index contributed by atoms with van der Waals surface area (Å²) in [6.07, 6.45) is 3.73. The highest BCUT2D eigenvalue weighted by Crippen LogP contribution is 2.32. The summed E-state index contributed by atoms with van der Waals surface area (Å²) in [5.41, 5.74) is 0.772. The van der Waals surface area contributed by atoms with Gasteiger partial charge < -0.3 is 4.52 Å². The van der Waals surface area contributed by atoms with Crippen LogP contribution in [-0.4, -0.2) is 26.2 Å². The molecule has 0 saturated carbocycles. The molecular formula is C17H18N4O2. The van der Waals surface area contributed by atoms with Crippen LogP contribution < -0.4 is 5.56 Å². The number of para-hydroxylation sites is 1. The third-order valence-corrected chi connectivity index (χ3v) is 4.53. The van der Waals surface area contributed by atoms with Gasteiger partial charge in [-0.3, -0.25) is 14.3 Å². The van der Waals surface area contributed by atoms with E-state index in [0.29, 0.717) is 11.9 Å². The second-order valence-corrected chi connectivity index (χ2v) is 5.96. The number of benzene rings is 1. The van der Waals surface area contributed by atoms with Gasteiger partial charge in [0.05, 0.1) is 29.7 Å². The lowest BCUT2D eigenvalue weighted by molar-refractivity contribution is 0.207. The Hall–Kier alpha value is -2.47. The van der Waals surface area contributed by atoms with Crippen LogP contribution in [0.5, 0.6) is 0 Å². The Balaban J connectivity index is 1.75. The quantitative estimate of drug-likeness (QED) is 0.742. The van der Waals surface area contributed by atoms with Crippen molar-refractivity contribution >= 4 is 10.9 Å². The van der Waals surface area contributed by atoms with E-state index in [2.05, 4.69) is 10.1 Å². The molecule has 1 aliphatic rings. The Kier molecular flexibility index (Phi) is 3.46. The maximum Gasteiger partial charge on any atom is 0.261 e. The first-order valence-corrected chi connectivity index (χ1v) is 7.83. The van der Waals surface area contributed by atoms with Crippen LogP contribution in [0, 0.1) is 0 Å². The first kappa shape index (κ1) is 14.1. The number of nitrogens with zero attached hydrogens (tertiary/aromatic N) is 4. The summed E-state index contributed by atoms with van der Waals surface area (Å²) in [7, 11) is 1.81. The maximum absolute atomic E-state index is 12.6. The van der Waals surface area contributed by atoms with Crippen LogP contribution in [0.25, 0.3) is 10.9 Å². The molecule has 1 aliphatic heterocycles. The van der Waals surface area contributed by atoms with Crippen LogP contribution in [0.4, 0.5) is 0 Å². The van der Waals surface area contributed by atoms with Crippen LogP contribution in [0.3, 0.4) is 0 Å². The third kappa shape index (κ3) is 2.45. The van der Waals surface area contributed by atoms with Gasteiger partial charge in [-0.15, -0.1) is 0 Å². The fraction of sp³-hybridized carbons (Fsp3) is 0.353. The van der Waals surface area contributed by atoms with Crippen molar-refractivity contribution in [3.05, 3.63) is 58.5 Å². The Morgan fingerprint density at radius 2 is 2.17 bits per heavy atom. The van der Waals surface area contributed by atoms with E-state index in [9.17, 15) is 4.79 Å². The highest BCUT2D eigenvalue weighted by Gasteiger charge is 2.30. The SMILES string of the molecule is Cn1c(C2CCCN2Cc2ccno2)nc2ccccc2c1=O. The van der Waals surface area contributed by atoms with E-state index in [0.717, 1.165) is 36.5 Å². The molecule has 1 unspecified atom stereocenters. The molecule has 0 aliphatic carbocycles. The number of rotatable bonds is 3. The van der Waals surface area contributed by atoms with Crippen molar-refractivity contribution in [2.75, 3.05) is 6.54 Å². The Bertz CT molecular complexity index is 885. The highest BCUT2D eigenvalue weighted by molar-refractivity contribution is 5.77. The second-order valence-electron chi connectivity index (χ2n) is 5.96. The maximum atomic E-state index is 12.6. The molecule has 1 saturated heterocycles. The molecule has 4 rings (SSSR count). The van der Waals surface area contributed by atoms with Crippen LogP contribution in [0.15, 0.2) is 45.8 Å². The predicted molar refractivity (Wildman–Crippen MR) is 85.9 cm³/mol. The van der Waals surface area contributed by atoms with Gasteiger partial charge in [0.25, 0.3) is 5.56 Å². The minimum absolute atomic E-state index is 0.0112. The van der Waals surface area contributed by atoms with Gasteiger partial charge >= 0.3 is 0 Å². The lowest BCUT2D eigenvalue weighted by atomic mass is 10.1. The van der Waals surface area contributed by atoms with Crippen LogP contribution in [-0.2, 0) is 13.6 Å². The molecule has 3 heterocycles. The largest absolute Gasteiger partial charge is 0.360 e. The van der Waals surface area contributed by atoms with Crippen molar-refractivity contribution < 1.29 is 4.52 Å². The molecular weight excluding hydrogens is 292 g/mol. The van der Waals surface area contributed by atoms with E-state index >= 15 is 0 Å². The summed E-state index contributed by atoms with van der Waals surface area (Å²) in [6.45, 7) is 1.65. The zero-order valence-electron chi connectivity index (χ0n) is 13.0. The molecule has 6 nitrogen and oxygen atoms in total. The van der Waals surface area contributed by atoms with Gasteiger partial charge in [-0.2, -0.15) is 0 Å². The van der Waals surface area contributed by atoms with E-state index in [1.165, 1.54) is 0 Å². The minimum Gasteiger partial charge on any atom is -0.360 e. The fourth-order valence-electron chi connectivity index (χ4n) is 3.36. The molecule has 3 aromatic rings. The van der Waals surface area contributed by atoms with Crippen molar-refractivity contribution in [1.29, 1.82) is 0 Å². The van der Waals surface area contributed by atoms with Crippen molar-refractivity contribution in [3.63, 3.8) is 0 Å². The van der Waals surface area contributed by atoms with Crippen molar-refractivity contribution in [1.82, 2.24) is 19.6 Å². The summed E-state index contributed by atoms with van der Waals surface area (Å²) in [4.78, 5) is 19.7. The summed E-state index contributed by atoms with van der Waals surface area (Å²) < 4.78 is 6.91. The molecule has 0 radical (unpaired) electrons. The fourth-order valence-corrected chi connectivity index (χ4v) is 3.36. The average molecular weight is 310 g/mol.